The number of allylic oxidation sites excluding steroid dienone is 1. The average molecular weight is 399 g/mol. The smallest absolute Gasteiger partial charge is 0.248 e. The topological polar surface area (TPSA) is 87.5 Å². The van der Waals surface area contributed by atoms with Gasteiger partial charge in [-0.3, -0.25) is 14.4 Å². The number of methoxy groups -OCH3 is 1. The summed E-state index contributed by atoms with van der Waals surface area (Å²) in [6.07, 6.45) is 5.08. The van der Waals surface area contributed by atoms with Crippen LogP contribution in [0.2, 0.25) is 0 Å². The number of rotatable bonds is 11. The maximum absolute atomic E-state index is 12.4. The molecule has 6 nitrogen and oxygen atoms in total. The fraction of sp³-hybridized carbons (Fsp3) is 0.391. The molecule has 1 aromatic rings. The number of amides is 1. The summed E-state index contributed by atoms with van der Waals surface area (Å²) in [5.74, 6) is -0.317. The predicted molar refractivity (Wildman–Crippen MR) is 116 cm³/mol. The van der Waals surface area contributed by atoms with Crippen molar-refractivity contribution in [3.63, 3.8) is 0 Å². The van der Waals surface area contributed by atoms with Crippen molar-refractivity contribution in [1.29, 1.82) is 5.41 Å². The number of hydrogen-bond donors (Lipinski definition) is 1. The molecule has 29 heavy (non-hydrogen) atoms. The van der Waals surface area contributed by atoms with Crippen LogP contribution in [-0.2, 0) is 9.59 Å². The molecule has 156 valence electrons. The van der Waals surface area contributed by atoms with E-state index in [1.54, 1.807) is 38.4 Å². The number of ketones is 2. The zero-order valence-corrected chi connectivity index (χ0v) is 17.9. The van der Waals surface area contributed by atoms with Crippen LogP contribution in [0.1, 0.15) is 49.0 Å². The van der Waals surface area contributed by atoms with Gasteiger partial charge >= 0.3 is 0 Å². The van der Waals surface area contributed by atoms with E-state index in [2.05, 4.69) is 6.58 Å². The molecule has 1 unspecified atom stereocenters. The molecule has 0 bridgehead atoms. The SMILES string of the molecule is C=C(CCCC(C)C(=O)C=Cc1ccc(OC)c(C(=O)C(C)=N)c1)C(=O)N(C)C. The molecule has 0 aliphatic rings. The molecule has 0 aromatic heterocycles. The third-order valence-corrected chi connectivity index (χ3v) is 4.56. The number of hydrogen-bond acceptors (Lipinski definition) is 5. The molecule has 1 aromatic carbocycles. The highest BCUT2D eigenvalue weighted by Gasteiger charge is 2.15. The fourth-order valence-corrected chi connectivity index (χ4v) is 2.74. The van der Waals surface area contributed by atoms with Crippen LogP contribution in [0.4, 0.5) is 0 Å². The van der Waals surface area contributed by atoms with Crippen LogP contribution in [0.15, 0.2) is 36.4 Å². The summed E-state index contributed by atoms with van der Waals surface area (Å²) in [6, 6.07) is 5.02. The summed E-state index contributed by atoms with van der Waals surface area (Å²) in [5.41, 5.74) is 1.44. The van der Waals surface area contributed by atoms with E-state index in [0.717, 1.165) is 0 Å². The third-order valence-electron chi connectivity index (χ3n) is 4.56. The second-order valence-corrected chi connectivity index (χ2v) is 7.25. The van der Waals surface area contributed by atoms with Gasteiger partial charge in [0.05, 0.1) is 18.4 Å². The molecular formula is C23H30N2O4. The zero-order chi connectivity index (χ0) is 22.1. The highest BCUT2D eigenvalue weighted by molar-refractivity contribution is 6.44. The number of carbonyl (C=O) groups is 3. The van der Waals surface area contributed by atoms with Gasteiger partial charge in [0.1, 0.15) is 5.75 Å². The lowest BCUT2D eigenvalue weighted by Crippen LogP contribution is -2.23. The number of ether oxygens (including phenoxy) is 1. The number of Topliss-reactive ketones (excluding diaryl/α,β-unsaturated/α-hetero) is 1. The maximum Gasteiger partial charge on any atom is 0.248 e. The largest absolute Gasteiger partial charge is 0.496 e. The molecule has 1 atom stereocenters. The normalized spacial score (nSPS) is 11.8. The number of carbonyl (C=O) groups excluding carboxylic acids is 3. The van der Waals surface area contributed by atoms with E-state index in [4.69, 9.17) is 10.1 Å². The van der Waals surface area contributed by atoms with Crippen molar-refractivity contribution in [1.82, 2.24) is 4.90 Å². The Labute approximate surface area is 172 Å². The Bertz CT molecular complexity index is 837. The van der Waals surface area contributed by atoms with E-state index >= 15 is 0 Å². The van der Waals surface area contributed by atoms with Crippen LogP contribution >= 0.6 is 0 Å². The van der Waals surface area contributed by atoms with Crippen LogP contribution in [0.5, 0.6) is 5.75 Å². The van der Waals surface area contributed by atoms with Crippen LogP contribution in [0, 0.1) is 11.3 Å². The Balaban J connectivity index is 2.73. The molecule has 0 aliphatic heterocycles. The van der Waals surface area contributed by atoms with Gasteiger partial charge in [-0.2, -0.15) is 0 Å². The van der Waals surface area contributed by atoms with Crippen LogP contribution in [0.25, 0.3) is 6.08 Å². The van der Waals surface area contributed by atoms with Crippen LogP contribution < -0.4 is 4.74 Å². The first-order valence-electron chi connectivity index (χ1n) is 9.47. The molecule has 6 heteroatoms. The summed E-state index contributed by atoms with van der Waals surface area (Å²) in [7, 11) is 4.84. The van der Waals surface area contributed by atoms with Crippen molar-refractivity contribution in [2.75, 3.05) is 21.2 Å². The van der Waals surface area contributed by atoms with Crippen molar-refractivity contribution in [2.45, 2.75) is 33.1 Å². The van der Waals surface area contributed by atoms with Gasteiger partial charge in [0, 0.05) is 25.6 Å². The Morgan fingerprint density at radius 1 is 1.28 bits per heavy atom. The van der Waals surface area contributed by atoms with E-state index in [9.17, 15) is 14.4 Å². The maximum atomic E-state index is 12.4. The van der Waals surface area contributed by atoms with E-state index in [1.165, 1.54) is 25.0 Å². The lowest BCUT2D eigenvalue weighted by Gasteiger charge is -2.13. The van der Waals surface area contributed by atoms with Crippen molar-refractivity contribution in [3.8, 4) is 5.75 Å². The van der Waals surface area contributed by atoms with Crippen molar-refractivity contribution < 1.29 is 19.1 Å². The number of nitrogens with zero attached hydrogens (tertiary/aromatic N) is 1. The number of nitrogens with one attached hydrogen (secondary N) is 1. The van der Waals surface area contributed by atoms with Gasteiger partial charge in [-0.25, -0.2) is 0 Å². The number of likely N-dealkylation sites (N-methyl/N-ethyl adjacent to an activating group) is 1. The molecule has 1 amide bonds. The summed E-state index contributed by atoms with van der Waals surface area (Å²) < 4.78 is 5.19. The quantitative estimate of drug-likeness (QED) is 0.347. The van der Waals surface area contributed by atoms with Crippen LogP contribution in [-0.4, -0.2) is 49.3 Å². The minimum atomic E-state index is -0.413. The van der Waals surface area contributed by atoms with Crippen molar-refractivity contribution in [2.24, 2.45) is 5.92 Å². The first-order valence-corrected chi connectivity index (χ1v) is 9.47. The van der Waals surface area contributed by atoms with Gasteiger partial charge in [-0.05, 0) is 50.0 Å². The van der Waals surface area contributed by atoms with Crippen molar-refractivity contribution >= 4 is 29.3 Å². The second kappa shape index (κ2) is 11.1. The summed E-state index contributed by atoms with van der Waals surface area (Å²) in [4.78, 5) is 37.8. The molecule has 0 radical (unpaired) electrons. The summed E-state index contributed by atoms with van der Waals surface area (Å²) in [5, 5.41) is 7.54. The van der Waals surface area contributed by atoms with Gasteiger partial charge < -0.3 is 15.0 Å². The molecule has 0 heterocycles. The van der Waals surface area contributed by atoms with Gasteiger partial charge in [-0.15, -0.1) is 0 Å². The first-order chi connectivity index (χ1) is 13.6. The highest BCUT2D eigenvalue weighted by atomic mass is 16.5. The Kier molecular flexibility index (Phi) is 9.19. The monoisotopic (exact) mass is 398 g/mol. The minimum Gasteiger partial charge on any atom is -0.496 e. The molecule has 0 fully saturated rings. The van der Waals surface area contributed by atoms with E-state index in [1.807, 2.05) is 6.92 Å². The van der Waals surface area contributed by atoms with Gasteiger partial charge in [0.15, 0.2) is 5.78 Å². The van der Waals surface area contributed by atoms with E-state index in [0.29, 0.717) is 41.7 Å². The second-order valence-electron chi connectivity index (χ2n) is 7.25. The Morgan fingerprint density at radius 3 is 2.48 bits per heavy atom. The van der Waals surface area contributed by atoms with Crippen LogP contribution in [0.3, 0.4) is 0 Å². The average Bonchev–Trinajstić information content (AvgIpc) is 2.69. The van der Waals surface area contributed by atoms with E-state index < -0.39 is 5.78 Å². The molecule has 1 N–H and O–H groups in total. The molecule has 1 rings (SSSR count). The van der Waals surface area contributed by atoms with Gasteiger partial charge in [0.2, 0.25) is 11.7 Å². The zero-order valence-electron chi connectivity index (χ0n) is 17.9. The van der Waals surface area contributed by atoms with Crippen molar-refractivity contribution in [3.05, 3.63) is 47.6 Å². The molecule has 0 saturated heterocycles. The predicted octanol–water partition coefficient (Wildman–Crippen LogP) is 3.95. The summed E-state index contributed by atoms with van der Waals surface area (Å²) in [6.45, 7) is 7.08. The lowest BCUT2D eigenvalue weighted by molar-refractivity contribution is -0.124. The van der Waals surface area contributed by atoms with E-state index in [-0.39, 0.29) is 23.3 Å². The molecular weight excluding hydrogens is 368 g/mol. The molecule has 0 aliphatic carbocycles. The lowest BCUT2D eigenvalue weighted by atomic mass is 9.96. The standard InChI is InChI=1S/C23H30N2O4/c1-15(8-7-9-16(2)23(28)25(4)5)20(26)12-10-18-11-13-21(29-6)19(14-18)22(27)17(3)24/h10-15,24H,2,7-9H2,1,3-6H3. The number of benzene rings is 1. The molecule has 0 spiro atoms. The Morgan fingerprint density at radius 2 is 1.93 bits per heavy atom. The minimum absolute atomic E-state index is 0.0264. The molecule has 0 saturated carbocycles. The first kappa shape index (κ1) is 24.0. The fourth-order valence-electron chi connectivity index (χ4n) is 2.74. The summed E-state index contributed by atoms with van der Waals surface area (Å²) >= 11 is 0. The third kappa shape index (κ3) is 7.14. The highest BCUT2D eigenvalue weighted by Crippen LogP contribution is 2.22. The van der Waals surface area contributed by atoms with Gasteiger partial charge in [-0.1, -0.05) is 25.6 Å². The van der Waals surface area contributed by atoms with Gasteiger partial charge in [0.25, 0.3) is 0 Å². The Hall–Kier alpha value is -3.02.